The number of aliphatic hydroxyl groups is 2. The van der Waals surface area contributed by atoms with Gasteiger partial charge in [0.25, 0.3) is 0 Å². The predicted octanol–water partition coefficient (Wildman–Crippen LogP) is 3.70. The predicted molar refractivity (Wildman–Crippen MR) is 160 cm³/mol. The standard InChI is InChI=1S/C33H59N3O5/c1-19-26-15-23(33(26,3)4)16-27(19)34-32(39)30-29(20(2)38)28(18-37)41-36(30)17-22-11-9-13-25(31(22)40-7)21-10-8-12-24(14-21)35(5)6/h19-31,37-38H,8-18H2,1-7H3,(H,34,39)/t19-,20-,21?,22?,23+,24?,25?,26-,27-,28-,29+,30-,31?/m0/s1. The van der Waals surface area contributed by atoms with Gasteiger partial charge in [0.05, 0.1) is 18.8 Å². The van der Waals surface area contributed by atoms with E-state index in [1.54, 1.807) is 6.92 Å². The highest BCUT2D eigenvalue weighted by atomic mass is 16.7. The maximum Gasteiger partial charge on any atom is 0.240 e. The molecule has 1 amide bonds. The number of fused-ring (bicyclic) bond motifs is 2. The smallest absolute Gasteiger partial charge is 0.240 e. The lowest BCUT2D eigenvalue weighted by Crippen LogP contribution is -2.62. The van der Waals surface area contributed by atoms with Gasteiger partial charge in [-0.1, -0.05) is 33.6 Å². The molecule has 13 atom stereocenters. The van der Waals surface area contributed by atoms with Crippen LogP contribution in [0.1, 0.15) is 85.5 Å². The summed E-state index contributed by atoms with van der Waals surface area (Å²) in [6.07, 6.45) is 9.45. The number of aliphatic hydroxyl groups excluding tert-OH is 2. The highest BCUT2D eigenvalue weighted by Crippen LogP contribution is 2.61. The van der Waals surface area contributed by atoms with Crippen LogP contribution in [0.15, 0.2) is 0 Å². The third-order valence-corrected chi connectivity index (χ3v) is 12.8. The molecule has 3 N–H and O–H groups in total. The van der Waals surface area contributed by atoms with Gasteiger partial charge in [0.1, 0.15) is 12.1 Å². The molecule has 8 heteroatoms. The Morgan fingerprint density at radius 3 is 2.49 bits per heavy atom. The number of hydrogen-bond acceptors (Lipinski definition) is 7. The Morgan fingerprint density at radius 1 is 1.15 bits per heavy atom. The van der Waals surface area contributed by atoms with E-state index in [4.69, 9.17) is 9.57 Å². The Kier molecular flexibility index (Phi) is 9.79. The average molecular weight is 578 g/mol. The zero-order chi connectivity index (χ0) is 29.6. The van der Waals surface area contributed by atoms with E-state index in [9.17, 15) is 15.0 Å². The van der Waals surface area contributed by atoms with Gasteiger partial charge in [-0.3, -0.25) is 9.63 Å². The molecule has 0 aromatic heterocycles. The van der Waals surface area contributed by atoms with Crippen molar-refractivity contribution in [3.8, 4) is 0 Å². The van der Waals surface area contributed by atoms with Gasteiger partial charge in [-0.2, -0.15) is 5.06 Å². The molecule has 8 nitrogen and oxygen atoms in total. The summed E-state index contributed by atoms with van der Waals surface area (Å²) >= 11 is 0. The van der Waals surface area contributed by atoms with Gasteiger partial charge in [-0.15, -0.1) is 0 Å². The number of carbonyl (C=O) groups is 1. The minimum atomic E-state index is -0.772. The first-order chi connectivity index (χ1) is 19.5. The van der Waals surface area contributed by atoms with E-state index in [0.29, 0.717) is 47.6 Å². The third-order valence-electron chi connectivity index (χ3n) is 12.8. The second-order valence-electron chi connectivity index (χ2n) is 15.4. The van der Waals surface area contributed by atoms with Crippen molar-refractivity contribution in [3.63, 3.8) is 0 Å². The SMILES string of the molecule is COC1C(CN2O[C@@H](CO)[C@@H]([C@H](C)O)[C@H]2C(=O)N[C@H]2C[C@H]3C[C@@H]([C@@H]2C)C3(C)C)CCCC1C1CCCC(N(C)C)C1. The number of methoxy groups -OCH3 is 1. The summed E-state index contributed by atoms with van der Waals surface area (Å²) in [5, 5.41) is 26.3. The van der Waals surface area contributed by atoms with E-state index in [1.165, 1.54) is 38.5 Å². The monoisotopic (exact) mass is 577 g/mol. The molecule has 6 fully saturated rings. The highest BCUT2D eigenvalue weighted by Gasteiger charge is 2.57. The van der Waals surface area contributed by atoms with Crippen molar-refractivity contribution in [3.05, 3.63) is 0 Å². The van der Waals surface area contributed by atoms with Crippen LogP contribution in [0, 0.1) is 46.8 Å². The van der Waals surface area contributed by atoms with Crippen LogP contribution in [0.5, 0.6) is 0 Å². The zero-order valence-electron chi connectivity index (χ0n) is 26.8. The van der Waals surface area contributed by atoms with Crippen molar-refractivity contribution in [2.75, 3.05) is 34.4 Å². The van der Waals surface area contributed by atoms with Gasteiger partial charge in [-0.05, 0) is 101 Å². The number of nitrogens with zero attached hydrogens (tertiary/aromatic N) is 2. The number of carbonyl (C=O) groups excluding carboxylic acids is 1. The molecule has 41 heavy (non-hydrogen) atoms. The van der Waals surface area contributed by atoms with E-state index in [-0.39, 0.29) is 30.6 Å². The first-order valence-electron chi connectivity index (χ1n) is 16.7. The first-order valence-corrected chi connectivity index (χ1v) is 16.7. The Bertz CT molecular complexity index is 898. The van der Waals surface area contributed by atoms with Crippen LogP contribution in [0.25, 0.3) is 0 Å². The summed E-state index contributed by atoms with van der Waals surface area (Å²) in [5.74, 6) is 2.56. The first kappa shape index (κ1) is 31.6. The van der Waals surface area contributed by atoms with Crippen molar-refractivity contribution < 1.29 is 24.6 Å². The molecule has 0 spiro atoms. The highest BCUT2D eigenvalue weighted by molar-refractivity contribution is 5.82. The number of hydrogen-bond donors (Lipinski definition) is 3. The van der Waals surface area contributed by atoms with Gasteiger partial charge >= 0.3 is 0 Å². The fourth-order valence-corrected chi connectivity index (χ4v) is 10.2. The molecule has 236 valence electrons. The molecule has 5 unspecified atom stereocenters. The van der Waals surface area contributed by atoms with Crippen LogP contribution in [0.3, 0.4) is 0 Å². The molecule has 0 aromatic carbocycles. The zero-order valence-corrected chi connectivity index (χ0v) is 26.8. The van der Waals surface area contributed by atoms with Crippen LogP contribution in [0.4, 0.5) is 0 Å². The summed E-state index contributed by atoms with van der Waals surface area (Å²) in [5.41, 5.74) is 0.352. The molecule has 5 aliphatic carbocycles. The van der Waals surface area contributed by atoms with Crippen molar-refractivity contribution in [1.29, 1.82) is 0 Å². The van der Waals surface area contributed by atoms with Gasteiger partial charge in [-0.25, -0.2) is 0 Å². The Hall–Kier alpha value is -0.770. The number of amides is 1. The van der Waals surface area contributed by atoms with E-state index >= 15 is 0 Å². The number of ether oxygens (including phenoxy) is 1. The fourth-order valence-electron chi connectivity index (χ4n) is 10.2. The maximum absolute atomic E-state index is 14.1. The normalized spacial score (nSPS) is 45.3. The summed E-state index contributed by atoms with van der Waals surface area (Å²) in [6, 6.07) is 0.152. The van der Waals surface area contributed by atoms with E-state index in [2.05, 4.69) is 45.1 Å². The van der Waals surface area contributed by atoms with E-state index < -0.39 is 24.2 Å². The fraction of sp³-hybridized carbons (Fsp3) is 0.970. The lowest BCUT2D eigenvalue weighted by atomic mass is 9.45. The van der Waals surface area contributed by atoms with Crippen LogP contribution in [-0.4, -0.2) is 96.9 Å². The third kappa shape index (κ3) is 6.00. The quantitative estimate of drug-likeness (QED) is 0.385. The topological polar surface area (TPSA) is 94.5 Å². The molecular formula is C33H59N3O5. The molecular weight excluding hydrogens is 518 g/mol. The molecule has 5 saturated carbocycles. The van der Waals surface area contributed by atoms with Crippen molar-refractivity contribution in [2.45, 2.75) is 122 Å². The minimum Gasteiger partial charge on any atom is -0.394 e. The summed E-state index contributed by atoms with van der Waals surface area (Å²) in [6.45, 7) is 9.12. The molecule has 0 aromatic rings. The Labute approximate surface area is 248 Å². The second-order valence-corrected chi connectivity index (χ2v) is 15.4. The minimum absolute atomic E-state index is 0.0646. The summed E-state index contributed by atoms with van der Waals surface area (Å²) in [7, 11) is 6.26. The number of hydroxylamine groups is 2. The van der Waals surface area contributed by atoms with Gasteiger partial charge in [0.15, 0.2) is 0 Å². The van der Waals surface area contributed by atoms with Crippen molar-refractivity contribution in [2.24, 2.45) is 46.8 Å². The summed E-state index contributed by atoms with van der Waals surface area (Å²) < 4.78 is 6.28. The molecule has 1 saturated heterocycles. The number of nitrogens with one attached hydrogen (secondary N) is 1. The van der Waals surface area contributed by atoms with Crippen molar-refractivity contribution in [1.82, 2.24) is 15.3 Å². The van der Waals surface area contributed by atoms with Crippen LogP contribution < -0.4 is 5.32 Å². The molecule has 2 bridgehead atoms. The molecule has 6 rings (SSSR count). The Morgan fingerprint density at radius 2 is 1.88 bits per heavy atom. The second kappa shape index (κ2) is 12.7. The molecule has 1 aliphatic heterocycles. The lowest BCUT2D eigenvalue weighted by molar-refractivity contribution is -0.193. The molecule has 0 radical (unpaired) electrons. The largest absolute Gasteiger partial charge is 0.394 e. The Balaban J connectivity index is 1.31. The molecule has 1 heterocycles. The van der Waals surface area contributed by atoms with Crippen LogP contribution >= 0.6 is 0 Å². The van der Waals surface area contributed by atoms with Crippen molar-refractivity contribution >= 4 is 5.91 Å². The lowest BCUT2D eigenvalue weighted by Gasteiger charge is -2.62. The maximum atomic E-state index is 14.1. The van der Waals surface area contributed by atoms with E-state index in [1.807, 2.05) is 12.2 Å². The average Bonchev–Trinajstić information content (AvgIpc) is 3.32. The van der Waals surface area contributed by atoms with Gasteiger partial charge < -0.3 is 25.2 Å². The van der Waals surface area contributed by atoms with E-state index in [0.717, 1.165) is 19.3 Å². The molecule has 6 aliphatic rings. The number of rotatable bonds is 9. The summed E-state index contributed by atoms with van der Waals surface area (Å²) in [4.78, 5) is 22.8. The van der Waals surface area contributed by atoms with Gasteiger partial charge in [0, 0.05) is 37.6 Å². The van der Waals surface area contributed by atoms with Crippen LogP contribution in [0.2, 0.25) is 0 Å². The van der Waals surface area contributed by atoms with Gasteiger partial charge in [0.2, 0.25) is 5.91 Å². The van der Waals surface area contributed by atoms with Crippen LogP contribution in [-0.2, 0) is 14.4 Å².